The minimum Gasteiger partial charge on any atom is -0.483 e. The number of fused-ring (bicyclic) bond motifs is 9. The lowest BCUT2D eigenvalue weighted by Crippen LogP contribution is -2.42. The molecule has 2 aliphatic carbocycles. The van der Waals surface area contributed by atoms with Crippen LogP contribution in [0, 0.1) is 35.4 Å². The number of hydrogen-bond donors (Lipinski definition) is 2. The molecule has 4 aromatic rings. The summed E-state index contributed by atoms with van der Waals surface area (Å²) in [5, 5.41) is 4.16. The number of thioether (sulfide) groups is 1. The van der Waals surface area contributed by atoms with Crippen LogP contribution in [0.2, 0.25) is 10.0 Å². The molecule has 2 bridgehead atoms. The van der Waals surface area contributed by atoms with Crippen molar-refractivity contribution < 1.29 is 23.5 Å². The van der Waals surface area contributed by atoms with Crippen molar-refractivity contribution in [1.29, 1.82) is 0 Å². The Hall–Kier alpha value is -3.16. The molecular weight excluding hydrogens is 752 g/mol. The Morgan fingerprint density at radius 1 is 1.00 bits per heavy atom. The van der Waals surface area contributed by atoms with E-state index in [1.165, 1.54) is 29.2 Å². The molecule has 2 saturated carbocycles. The van der Waals surface area contributed by atoms with E-state index in [0.29, 0.717) is 33.6 Å². The molecule has 2 aliphatic heterocycles. The number of nitrogens with one attached hydrogen (secondary N) is 2. The zero-order valence-electron chi connectivity index (χ0n) is 24.0. The molecule has 0 unspecified atom stereocenters. The van der Waals surface area contributed by atoms with E-state index in [9.17, 15) is 23.6 Å². The molecule has 1 saturated heterocycles. The number of anilines is 2. The van der Waals surface area contributed by atoms with Crippen LogP contribution in [-0.2, 0) is 14.4 Å². The highest BCUT2D eigenvalue weighted by molar-refractivity contribution is 9.10. The van der Waals surface area contributed by atoms with E-state index < -0.39 is 23.6 Å². The molecule has 0 spiro atoms. The molecule has 8 rings (SSSR count). The van der Waals surface area contributed by atoms with Crippen molar-refractivity contribution in [2.24, 2.45) is 29.6 Å². The van der Waals surface area contributed by atoms with E-state index in [2.05, 4.69) is 26.2 Å². The molecule has 240 valence electrons. The normalized spacial score (nSPS) is 27.1. The first-order valence-corrected chi connectivity index (χ1v) is 18.0. The van der Waals surface area contributed by atoms with Gasteiger partial charge in [-0.25, -0.2) is 4.39 Å². The summed E-state index contributed by atoms with van der Waals surface area (Å²) in [6.45, 7) is -0.295. The van der Waals surface area contributed by atoms with Crippen molar-refractivity contribution in [1.82, 2.24) is 4.98 Å². The van der Waals surface area contributed by atoms with Gasteiger partial charge in [-0.3, -0.25) is 24.1 Å². The van der Waals surface area contributed by atoms with Gasteiger partial charge in [0.15, 0.2) is 6.61 Å². The molecule has 3 amide bonds. The third-order valence-electron chi connectivity index (χ3n) is 9.68. The van der Waals surface area contributed by atoms with Gasteiger partial charge >= 0.3 is 4.87 Å². The second-order valence-electron chi connectivity index (χ2n) is 12.1. The lowest BCUT2D eigenvalue weighted by atomic mass is 9.68. The molecule has 2 N–H and O–H groups in total. The molecule has 0 radical (unpaired) electrons. The summed E-state index contributed by atoms with van der Waals surface area (Å²) in [5.74, 6) is -2.54. The molecule has 1 aromatic heterocycles. The van der Waals surface area contributed by atoms with Gasteiger partial charge < -0.3 is 15.0 Å². The van der Waals surface area contributed by atoms with Gasteiger partial charge in [0.1, 0.15) is 11.6 Å². The van der Waals surface area contributed by atoms with Gasteiger partial charge in [-0.2, -0.15) is 0 Å². The van der Waals surface area contributed by atoms with Crippen LogP contribution < -0.4 is 19.8 Å². The summed E-state index contributed by atoms with van der Waals surface area (Å²) in [5.41, 5.74) is 1.62. The lowest BCUT2D eigenvalue weighted by Gasteiger charge is -2.43. The smallest absolute Gasteiger partial charge is 0.305 e. The van der Waals surface area contributed by atoms with Crippen LogP contribution in [0.1, 0.15) is 22.8 Å². The Bertz CT molecular complexity index is 2040. The van der Waals surface area contributed by atoms with Crippen molar-refractivity contribution in [2.75, 3.05) is 16.8 Å². The highest BCUT2D eigenvalue weighted by Gasteiger charge is 2.69. The highest BCUT2D eigenvalue weighted by atomic mass is 79.9. The maximum absolute atomic E-state index is 14.0. The molecule has 4 aliphatic rings. The summed E-state index contributed by atoms with van der Waals surface area (Å²) in [6, 6.07) is 15.7. The first-order valence-electron chi connectivity index (χ1n) is 14.8. The van der Waals surface area contributed by atoms with Crippen molar-refractivity contribution in [3.63, 3.8) is 0 Å². The van der Waals surface area contributed by atoms with Crippen molar-refractivity contribution in [3.05, 3.63) is 101 Å². The van der Waals surface area contributed by atoms with Gasteiger partial charge in [-0.1, -0.05) is 50.5 Å². The Morgan fingerprint density at radius 2 is 1.74 bits per heavy atom. The number of aromatic nitrogens is 1. The second kappa shape index (κ2) is 11.8. The molecule has 7 atom stereocenters. The first-order chi connectivity index (χ1) is 22.6. The second-order valence-corrected chi connectivity index (χ2v) is 16.0. The largest absolute Gasteiger partial charge is 0.483 e. The third-order valence-corrected chi connectivity index (χ3v) is 13.5. The summed E-state index contributed by atoms with van der Waals surface area (Å²) in [7, 11) is 0. The summed E-state index contributed by atoms with van der Waals surface area (Å²) in [6.07, 6.45) is 0.707. The van der Waals surface area contributed by atoms with E-state index in [1.807, 2.05) is 12.1 Å². The fourth-order valence-electron chi connectivity index (χ4n) is 8.02. The number of rotatable bonds is 6. The van der Waals surface area contributed by atoms with Crippen LogP contribution in [0.25, 0.3) is 0 Å². The number of carbonyl (C=O) groups excluding carboxylic acids is 3. The summed E-state index contributed by atoms with van der Waals surface area (Å²) < 4.78 is 20.6. The summed E-state index contributed by atoms with van der Waals surface area (Å²) >= 11 is 18.4. The number of halogens is 4. The minimum atomic E-state index is -0.521. The minimum absolute atomic E-state index is 0.0429. The SMILES string of the molecule is O=C(COc1ccc(Br)cc1[C@@H]1c2sc(=O)[nH]c2S[C@@H]2[C@@H]3C[C@@H]([C@@H]4C(=O)N(c5ccc(F)cc5)C(=O)[C@@H]34)[C@H]12)Nc1ccc(Cl)c(Cl)c1. The molecule has 3 aromatic carbocycles. The number of thiazole rings is 1. The number of amides is 3. The van der Waals surface area contributed by atoms with Gasteiger partial charge in [0.2, 0.25) is 11.8 Å². The lowest BCUT2D eigenvalue weighted by molar-refractivity contribution is -0.123. The van der Waals surface area contributed by atoms with Gasteiger partial charge in [0, 0.05) is 31.8 Å². The van der Waals surface area contributed by atoms with Crippen LogP contribution in [0.15, 0.2) is 75.0 Å². The Morgan fingerprint density at radius 3 is 2.49 bits per heavy atom. The number of H-pyrrole nitrogens is 1. The fraction of sp³-hybridized carbons (Fsp3) is 0.273. The van der Waals surface area contributed by atoms with Gasteiger partial charge in [-0.05, 0) is 84.8 Å². The van der Waals surface area contributed by atoms with Crippen molar-refractivity contribution >= 4 is 91.3 Å². The van der Waals surface area contributed by atoms with Gasteiger partial charge in [-0.15, -0.1) is 11.8 Å². The van der Waals surface area contributed by atoms with Gasteiger partial charge in [0.05, 0.1) is 32.6 Å². The van der Waals surface area contributed by atoms with Crippen LogP contribution in [0.4, 0.5) is 15.8 Å². The Balaban J connectivity index is 1.13. The summed E-state index contributed by atoms with van der Waals surface area (Å²) in [4.78, 5) is 58.4. The number of nitrogens with zero attached hydrogens (tertiary/aromatic N) is 1. The fourth-order valence-corrected chi connectivity index (χ4v) is 11.6. The first kappa shape index (κ1) is 31.1. The molecule has 3 fully saturated rings. The maximum Gasteiger partial charge on any atom is 0.305 e. The number of imide groups is 1. The van der Waals surface area contributed by atoms with E-state index in [-0.39, 0.29) is 52.2 Å². The quantitative estimate of drug-likeness (QED) is 0.199. The molecule has 8 nitrogen and oxygen atoms in total. The van der Waals surface area contributed by atoms with E-state index >= 15 is 0 Å². The van der Waals surface area contributed by atoms with E-state index in [4.69, 9.17) is 27.9 Å². The topological polar surface area (TPSA) is 109 Å². The Kier molecular flexibility index (Phi) is 7.79. The van der Waals surface area contributed by atoms with Crippen molar-refractivity contribution in [2.45, 2.75) is 22.6 Å². The highest BCUT2D eigenvalue weighted by Crippen LogP contribution is 2.69. The maximum atomic E-state index is 14.0. The average molecular weight is 776 g/mol. The molecule has 47 heavy (non-hydrogen) atoms. The van der Waals surface area contributed by atoms with Crippen LogP contribution in [0.3, 0.4) is 0 Å². The van der Waals surface area contributed by atoms with Crippen LogP contribution in [-0.4, -0.2) is 34.6 Å². The number of hydrogen-bond acceptors (Lipinski definition) is 7. The number of benzene rings is 3. The van der Waals surface area contributed by atoms with Crippen molar-refractivity contribution in [3.8, 4) is 5.75 Å². The predicted molar refractivity (Wildman–Crippen MR) is 182 cm³/mol. The number of carbonyl (C=O) groups is 3. The van der Waals surface area contributed by atoms with E-state index in [1.54, 1.807) is 36.0 Å². The number of aromatic amines is 1. The van der Waals surface area contributed by atoms with Gasteiger partial charge in [0.25, 0.3) is 5.91 Å². The average Bonchev–Trinajstić information content (AvgIpc) is 3.78. The zero-order valence-corrected chi connectivity index (χ0v) is 28.8. The Labute approximate surface area is 294 Å². The molecule has 3 heterocycles. The molecular formula is C33H23BrCl2FN3O5S2. The predicted octanol–water partition coefficient (Wildman–Crippen LogP) is 7.34. The standard InChI is InChI=1S/C33H23BrCl2FN3O5S2/c34-13-1-8-22(45-12-23(41)38-15-4-7-20(35)21(36)10-15)17(9-13)24-25-18-11-19(28(25)46-30-29(24)47-33(44)39-30)27-26(18)31(42)40(32(27)43)16-5-2-14(37)3-6-16/h1-10,18-19,24-28H,11-12H2,(H,38,41)(H,39,44)/t18-,19-,24+,25-,26+,27+,28-/m1/s1. The van der Waals surface area contributed by atoms with E-state index in [0.717, 1.165) is 31.3 Å². The monoisotopic (exact) mass is 773 g/mol. The van der Waals surface area contributed by atoms with Crippen LogP contribution in [0.5, 0.6) is 5.75 Å². The third kappa shape index (κ3) is 5.15. The zero-order chi connectivity index (χ0) is 32.7. The number of ether oxygens (including phenoxy) is 1. The molecule has 14 heteroatoms. The van der Waals surface area contributed by atoms with Crippen LogP contribution >= 0.6 is 62.2 Å².